The fourth-order valence-electron chi connectivity index (χ4n) is 2.03. The topological polar surface area (TPSA) is 55.8 Å². The molecule has 0 aliphatic carbocycles. The Kier molecular flexibility index (Phi) is 3.45. The molecule has 1 fully saturated rings. The Hall–Kier alpha value is -1.39. The first-order chi connectivity index (χ1) is 8.15. The molecule has 0 radical (unpaired) electrons. The largest absolute Gasteiger partial charge is 0.465 e. The van der Waals surface area contributed by atoms with E-state index in [-0.39, 0.29) is 5.97 Å². The lowest BCUT2D eigenvalue weighted by atomic mass is 9.86. The van der Waals surface area contributed by atoms with Gasteiger partial charge in [-0.05, 0) is 17.7 Å². The third kappa shape index (κ3) is 2.48. The fourth-order valence-corrected chi connectivity index (χ4v) is 2.03. The Balaban J connectivity index is 2.19. The van der Waals surface area contributed by atoms with Gasteiger partial charge < -0.3 is 14.6 Å². The smallest absolute Gasteiger partial charge is 0.337 e. The standard InChI is InChI=1S/C13H16O4/c1-16-12(14)10-2-4-11(5-3-10)13(15)6-8-17-9-7-13/h2-5,15H,6-9H2,1H3. The average Bonchev–Trinajstić information content (AvgIpc) is 2.39. The second-order valence-corrected chi connectivity index (χ2v) is 4.21. The van der Waals surface area contributed by atoms with E-state index < -0.39 is 5.60 Å². The summed E-state index contributed by atoms with van der Waals surface area (Å²) in [5.74, 6) is -0.365. The Bertz CT molecular complexity index is 390. The fraction of sp³-hybridized carbons (Fsp3) is 0.462. The first kappa shape index (κ1) is 12.1. The summed E-state index contributed by atoms with van der Waals surface area (Å²) in [6, 6.07) is 6.90. The normalized spacial score (nSPS) is 18.7. The zero-order valence-corrected chi connectivity index (χ0v) is 9.81. The number of esters is 1. The van der Waals surface area contributed by atoms with Crippen LogP contribution in [0, 0.1) is 0 Å². The van der Waals surface area contributed by atoms with Crippen LogP contribution in [0.2, 0.25) is 0 Å². The highest BCUT2D eigenvalue weighted by molar-refractivity contribution is 5.89. The summed E-state index contributed by atoms with van der Waals surface area (Å²) in [5, 5.41) is 10.4. The molecular formula is C13H16O4. The van der Waals surface area contributed by atoms with Crippen molar-refractivity contribution in [3.05, 3.63) is 35.4 Å². The molecule has 1 heterocycles. The molecule has 4 nitrogen and oxygen atoms in total. The maximum Gasteiger partial charge on any atom is 0.337 e. The van der Waals surface area contributed by atoms with Gasteiger partial charge in [0, 0.05) is 26.1 Å². The molecule has 0 aromatic heterocycles. The highest BCUT2D eigenvalue weighted by atomic mass is 16.5. The van der Waals surface area contributed by atoms with Crippen molar-refractivity contribution in [3.8, 4) is 0 Å². The van der Waals surface area contributed by atoms with Gasteiger partial charge in [0.15, 0.2) is 0 Å². The van der Waals surface area contributed by atoms with E-state index in [4.69, 9.17) is 4.74 Å². The van der Waals surface area contributed by atoms with Crippen LogP contribution in [0.25, 0.3) is 0 Å². The van der Waals surface area contributed by atoms with Gasteiger partial charge in [-0.25, -0.2) is 4.79 Å². The average molecular weight is 236 g/mol. The van der Waals surface area contributed by atoms with Crippen molar-refractivity contribution in [1.82, 2.24) is 0 Å². The van der Waals surface area contributed by atoms with Crippen LogP contribution in [-0.4, -0.2) is 31.4 Å². The summed E-state index contributed by atoms with van der Waals surface area (Å²) in [6.45, 7) is 1.13. The molecule has 0 saturated carbocycles. The Morgan fingerprint density at radius 2 is 1.88 bits per heavy atom. The van der Waals surface area contributed by atoms with Gasteiger partial charge in [0.05, 0.1) is 18.3 Å². The van der Waals surface area contributed by atoms with Crippen molar-refractivity contribution in [2.75, 3.05) is 20.3 Å². The van der Waals surface area contributed by atoms with Crippen molar-refractivity contribution in [3.63, 3.8) is 0 Å². The van der Waals surface area contributed by atoms with Gasteiger partial charge in [-0.2, -0.15) is 0 Å². The van der Waals surface area contributed by atoms with Crippen LogP contribution in [-0.2, 0) is 15.1 Å². The van der Waals surface area contributed by atoms with Crippen molar-refractivity contribution < 1.29 is 19.4 Å². The molecule has 1 aliphatic rings. The summed E-state index contributed by atoms with van der Waals surface area (Å²) in [5.41, 5.74) is 0.493. The molecule has 1 aliphatic heterocycles. The number of carbonyl (C=O) groups is 1. The third-order valence-electron chi connectivity index (χ3n) is 3.16. The van der Waals surface area contributed by atoms with E-state index in [1.807, 2.05) is 0 Å². The number of carbonyl (C=O) groups excluding carboxylic acids is 1. The molecule has 0 atom stereocenters. The molecule has 0 amide bonds. The summed E-state index contributed by atoms with van der Waals surface area (Å²) in [6.07, 6.45) is 1.18. The van der Waals surface area contributed by atoms with Crippen LogP contribution in [0.1, 0.15) is 28.8 Å². The van der Waals surface area contributed by atoms with Gasteiger partial charge >= 0.3 is 5.97 Å². The quantitative estimate of drug-likeness (QED) is 0.790. The molecule has 1 N–H and O–H groups in total. The van der Waals surface area contributed by atoms with E-state index >= 15 is 0 Å². The van der Waals surface area contributed by atoms with E-state index in [0.29, 0.717) is 31.6 Å². The Morgan fingerprint density at radius 1 is 1.29 bits per heavy atom. The molecule has 1 aromatic carbocycles. The van der Waals surface area contributed by atoms with Crippen LogP contribution < -0.4 is 0 Å². The number of benzene rings is 1. The first-order valence-electron chi connectivity index (χ1n) is 5.65. The van der Waals surface area contributed by atoms with Crippen LogP contribution in [0.4, 0.5) is 0 Å². The monoisotopic (exact) mass is 236 g/mol. The summed E-state index contributed by atoms with van der Waals surface area (Å²) in [4.78, 5) is 11.3. The Labute approximate surface area is 100 Å². The van der Waals surface area contributed by atoms with Crippen LogP contribution in [0.15, 0.2) is 24.3 Å². The van der Waals surface area contributed by atoms with Crippen molar-refractivity contribution in [2.45, 2.75) is 18.4 Å². The number of rotatable bonds is 2. The minimum absolute atomic E-state index is 0.365. The van der Waals surface area contributed by atoms with Gasteiger partial charge in [-0.3, -0.25) is 0 Å². The van der Waals surface area contributed by atoms with Crippen molar-refractivity contribution in [1.29, 1.82) is 0 Å². The minimum atomic E-state index is -0.826. The Morgan fingerprint density at radius 3 is 2.41 bits per heavy atom. The van der Waals surface area contributed by atoms with E-state index in [1.165, 1.54) is 7.11 Å². The molecule has 2 rings (SSSR count). The highest BCUT2D eigenvalue weighted by Crippen LogP contribution is 2.31. The maximum absolute atomic E-state index is 11.3. The molecule has 0 bridgehead atoms. The maximum atomic E-state index is 11.3. The number of aliphatic hydroxyl groups is 1. The second kappa shape index (κ2) is 4.85. The van der Waals surface area contributed by atoms with Gasteiger partial charge in [0.2, 0.25) is 0 Å². The van der Waals surface area contributed by atoms with E-state index in [1.54, 1.807) is 24.3 Å². The molecule has 1 aromatic rings. The zero-order chi connectivity index (χ0) is 12.3. The predicted octanol–water partition coefficient (Wildman–Crippen LogP) is 1.47. The third-order valence-corrected chi connectivity index (χ3v) is 3.16. The van der Waals surface area contributed by atoms with Gasteiger partial charge in [-0.1, -0.05) is 12.1 Å². The SMILES string of the molecule is COC(=O)c1ccc(C2(O)CCOCC2)cc1. The summed E-state index contributed by atoms with van der Waals surface area (Å²) in [7, 11) is 1.35. The molecular weight excluding hydrogens is 220 g/mol. The first-order valence-corrected chi connectivity index (χ1v) is 5.65. The van der Waals surface area contributed by atoms with E-state index in [9.17, 15) is 9.90 Å². The van der Waals surface area contributed by atoms with Gasteiger partial charge in [0.1, 0.15) is 0 Å². The zero-order valence-electron chi connectivity index (χ0n) is 9.81. The van der Waals surface area contributed by atoms with Gasteiger partial charge in [0.25, 0.3) is 0 Å². The van der Waals surface area contributed by atoms with Crippen molar-refractivity contribution >= 4 is 5.97 Å². The molecule has 1 saturated heterocycles. The van der Waals surface area contributed by atoms with Crippen molar-refractivity contribution in [2.24, 2.45) is 0 Å². The number of hydrogen-bond donors (Lipinski definition) is 1. The van der Waals surface area contributed by atoms with Crippen LogP contribution in [0.3, 0.4) is 0 Å². The van der Waals surface area contributed by atoms with Crippen LogP contribution >= 0.6 is 0 Å². The van der Waals surface area contributed by atoms with E-state index in [2.05, 4.69) is 4.74 Å². The van der Waals surface area contributed by atoms with Crippen LogP contribution in [0.5, 0.6) is 0 Å². The summed E-state index contributed by atoms with van der Waals surface area (Å²) < 4.78 is 9.86. The molecule has 92 valence electrons. The van der Waals surface area contributed by atoms with E-state index in [0.717, 1.165) is 5.56 Å². The molecule has 0 unspecified atom stereocenters. The second-order valence-electron chi connectivity index (χ2n) is 4.21. The lowest BCUT2D eigenvalue weighted by Crippen LogP contribution is -2.33. The lowest BCUT2D eigenvalue weighted by Gasteiger charge is -2.32. The number of hydrogen-bond acceptors (Lipinski definition) is 4. The van der Waals surface area contributed by atoms with Gasteiger partial charge in [-0.15, -0.1) is 0 Å². The number of ether oxygens (including phenoxy) is 2. The number of methoxy groups -OCH3 is 1. The molecule has 4 heteroatoms. The highest BCUT2D eigenvalue weighted by Gasteiger charge is 2.31. The molecule has 0 spiro atoms. The predicted molar refractivity (Wildman–Crippen MR) is 61.7 cm³/mol. The molecule has 17 heavy (non-hydrogen) atoms. The summed E-state index contributed by atoms with van der Waals surface area (Å²) >= 11 is 0. The minimum Gasteiger partial charge on any atom is -0.465 e. The lowest BCUT2D eigenvalue weighted by molar-refractivity contribution is -0.0679.